The van der Waals surface area contributed by atoms with Crippen molar-refractivity contribution in [3.05, 3.63) is 59.7 Å². The molecule has 0 spiro atoms. The van der Waals surface area contributed by atoms with Crippen molar-refractivity contribution in [2.75, 3.05) is 26.2 Å². The Bertz CT molecular complexity index is 913. The average Bonchev–Trinajstić information content (AvgIpc) is 3.11. The predicted octanol–water partition coefficient (Wildman–Crippen LogP) is 4.02. The predicted molar refractivity (Wildman–Crippen MR) is 121 cm³/mol. The summed E-state index contributed by atoms with van der Waals surface area (Å²) < 4.78 is 5.49. The summed E-state index contributed by atoms with van der Waals surface area (Å²) in [6.45, 7) is 3.44. The first-order valence-electron chi connectivity index (χ1n) is 11.1. The molecule has 0 heterocycles. The van der Waals surface area contributed by atoms with Gasteiger partial charge >= 0.3 is 12.1 Å². The van der Waals surface area contributed by atoms with Crippen LogP contribution in [0.25, 0.3) is 11.1 Å². The van der Waals surface area contributed by atoms with Gasteiger partial charge in [0.2, 0.25) is 5.91 Å². The van der Waals surface area contributed by atoms with Gasteiger partial charge in [-0.3, -0.25) is 9.59 Å². The van der Waals surface area contributed by atoms with Crippen molar-refractivity contribution in [1.82, 2.24) is 10.2 Å². The molecular formula is C25H30N2O5. The number of benzene rings is 2. The van der Waals surface area contributed by atoms with Gasteiger partial charge in [0, 0.05) is 38.4 Å². The van der Waals surface area contributed by atoms with Crippen LogP contribution in [-0.2, 0) is 14.3 Å². The number of carbonyl (C=O) groups is 3. The lowest BCUT2D eigenvalue weighted by Crippen LogP contribution is -2.33. The molecule has 3 rings (SSSR count). The first-order valence-corrected chi connectivity index (χ1v) is 11.1. The van der Waals surface area contributed by atoms with E-state index in [0.717, 1.165) is 11.1 Å². The highest BCUT2D eigenvalue weighted by Gasteiger charge is 2.28. The maximum Gasteiger partial charge on any atom is 0.407 e. The quantitative estimate of drug-likeness (QED) is 0.517. The third kappa shape index (κ3) is 5.87. The van der Waals surface area contributed by atoms with E-state index in [1.807, 2.05) is 31.2 Å². The lowest BCUT2D eigenvalue weighted by molar-refractivity contribution is -0.138. The highest BCUT2D eigenvalue weighted by atomic mass is 16.5. The number of amides is 2. The van der Waals surface area contributed by atoms with Crippen molar-refractivity contribution in [3.8, 4) is 11.1 Å². The van der Waals surface area contributed by atoms with Crippen LogP contribution in [-0.4, -0.2) is 54.2 Å². The molecule has 0 aliphatic heterocycles. The number of nitrogens with one attached hydrogen (secondary N) is 1. The van der Waals surface area contributed by atoms with Crippen LogP contribution in [0.1, 0.15) is 49.7 Å². The van der Waals surface area contributed by atoms with Crippen molar-refractivity contribution in [2.45, 2.75) is 38.5 Å². The van der Waals surface area contributed by atoms with E-state index in [9.17, 15) is 14.4 Å². The minimum Gasteiger partial charge on any atom is -0.481 e. The Balaban J connectivity index is 1.41. The Morgan fingerprint density at radius 2 is 1.59 bits per heavy atom. The number of fused-ring (bicyclic) bond motifs is 3. The second-order valence-corrected chi connectivity index (χ2v) is 7.83. The number of alkyl carbamates (subject to hydrolysis) is 1. The van der Waals surface area contributed by atoms with Crippen LogP contribution >= 0.6 is 0 Å². The summed E-state index contributed by atoms with van der Waals surface area (Å²) in [7, 11) is 0. The van der Waals surface area contributed by atoms with Gasteiger partial charge in [0.25, 0.3) is 0 Å². The van der Waals surface area contributed by atoms with Crippen LogP contribution in [0.5, 0.6) is 0 Å². The van der Waals surface area contributed by atoms with Crippen LogP contribution in [0.4, 0.5) is 4.79 Å². The van der Waals surface area contributed by atoms with Gasteiger partial charge < -0.3 is 20.1 Å². The number of rotatable bonds is 11. The number of carbonyl (C=O) groups excluding carboxylic acids is 2. The highest BCUT2D eigenvalue weighted by Crippen LogP contribution is 2.44. The molecule has 0 atom stereocenters. The Morgan fingerprint density at radius 3 is 2.19 bits per heavy atom. The molecule has 170 valence electrons. The Hall–Kier alpha value is -3.35. The summed E-state index contributed by atoms with van der Waals surface area (Å²) in [5, 5.41) is 11.4. The number of ether oxygens (including phenoxy) is 1. The number of hydrogen-bond donors (Lipinski definition) is 2. The fourth-order valence-corrected chi connectivity index (χ4v) is 4.12. The highest BCUT2D eigenvalue weighted by molar-refractivity contribution is 5.79. The summed E-state index contributed by atoms with van der Waals surface area (Å²) in [5.74, 6) is -0.883. The maximum atomic E-state index is 12.3. The maximum absolute atomic E-state index is 12.3. The van der Waals surface area contributed by atoms with Gasteiger partial charge in [0.1, 0.15) is 6.61 Å². The molecule has 0 fully saturated rings. The molecule has 7 heteroatoms. The summed E-state index contributed by atoms with van der Waals surface area (Å²) in [6.07, 6.45) is 0.788. The SMILES string of the molecule is CCN(CCCC(=O)O)C(=O)CCCNC(=O)OCC1c2ccccc2-c2ccccc21. The minimum absolute atomic E-state index is 0.0126. The van der Waals surface area contributed by atoms with Crippen LogP contribution in [0.15, 0.2) is 48.5 Å². The lowest BCUT2D eigenvalue weighted by Gasteiger charge is -2.20. The molecule has 7 nitrogen and oxygen atoms in total. The van der Waals surface area contributed by atoms with Crippen molar-refractivity contribution < 1.29 is 24.2 Å². The van der Waals surface area contributed by atoms with E-state index in [0.29, 0.717) is 38.9 Å². The fraction of sp³-hybridized carbons (Fsp3) is 0.400. The molecular weight excluding hydrogens is 408 g/mol. The molecule has 2 aromatic carbocycles. The van der Waals surface area contributed by atoms with Crippen molar-refractivity contribution in [3.63, 3.8) is 0 Å². The van der Waals surface area contributed by atoms with Gasteiger partial charge in [-0.2, -0.15) is 0 Å². The normalized spacial score (nSPS) is 12.0. The van der Waals surface area contributed by atoms with Crippen molar-refractivity contribution >= 4 is 18.0 Å². The van der Waals surface area contributed by atoms with E-state index in [2.05, 4.69) is 29.6 Å². The third-order valence-corrected chi connectivity index (χ3v) is 5.73. The lowest BCUT2D eigenvalue weighted by atomic mass is 9.98. The van der Waals surface area contributed by atoms with Gasteiger partial charge in [-0.25, -0.2) is 4.79 Å². The minimum atomic E-state index is -0.860. The summed E-state index contributed by atoms with van der Waals surface area (Å²) in [4.78, 5) is 36.7. The molecule has 0 aromatic heterocycles. The van der Waals surface area contributed by atoms with Crippen LogP contribution < -0.4 is 5.32 Å². The summed E-state index contributed by atoms with van der Waals surface area (Å²) in [5.41, 5.74) is 4.68. The molecule has 0 saturated carbocycles. The van der Waals surface area contributed by atoms with E-state index >= 15 is 0 Å². The third-order valence-electron chi connectivity index (χ3n) is 5.73. The smallest absolute Gasteiger partial charge is 0.407 e. The Morgan fingerprint density at radius 1 is 0.969 bits per heavy atom. The van der Waals surface area contributed by atoms with Crippen LogP contribution in [0.2, 0.25) is 0 Å². The zero-order valence-corrected chi connectivity index (χ0v) is 18.4. The standard InChI is InChI=1S/C25H30N2O5/c1-2-27(16-8-14-24(29)30)23(28)13-7-15-26-25(31)32-17-22-20-11-5-3-9-18(20)19-10-4-6-12-21(19)22/h3-6,9-12,22H,2,7-8,13-17H2,1H3,(H,26,31)(H,29,30). The topological polar surface area (TPSA) is 95.9 Å². The zero-order chi connectivity index (χ0) is 22.9. The monoisotopic (exact) mass is 438 g/mol. The summed E-state index contributed by atoms with van der Waals surface area (Å²) in [6, 6.07) is 16.3. The Labute approximate surface area is 188 Å². The summed E-state index contributed by atoms with van der Waals surface area (Å²) >= 11 is 0. The van der Waals surface area contributed by atoms with E-state index in [4.69, 9.17) is 9.84 Å². The molecule has 2 N–H and O–H groups in total. The van der Waals surface area contributed by atoms with E-state index in [1.165, 1.54) is 11.1 Å². The largest absolute Gasteiger partial charge is 0.481 e. The molecule has 2 amide bonds. The molecule has 1 aliphatic rings. The van der Waals surface area contributed by atoms with Gasteiger partial charge in [0.15, 0.2) is 0 Å². The molecule has 1 aliphatic carbocycles. The van der Waals surface area contributed by atoms with Crippen molar-refractivity contribution in [1.29, 1.82) is 0 Å². The van der Waals surface area contributed by atoms with E-state index in [-0.39, 0.29) is 24.9 Å². The molecule has 32 heavy (non-hydrogen) atoms. The van der Waals surface area contributed by atoms with Crippen molar-refractivity contribution in [2.24, 2.45) is 0 Å². The Kier molecular flexibility index (Phi) is 8.25. The molecule has 0 radical (unpaired) electrons. The number of carboxylic acid groups (broad SMARTS) is 1. The molecule has 0 unspecified atom stereocenters. The number of nitrogens with zero attached hydrogens (tertiary/aromatic N) is 1. The molecule has 2 aromatic rings. The van der Waals surface area contributed by atoms with Gasteiger partial charge in [0.05, 0.1) is 0 Å². The number of hydrogen-bond acceptors (Lipinski definition) is 4. The number of carboxylic acids is 1. The second kappa shape index (κ2) is 11.3. The molecule has 0 bridgehead atoms. The fourth-order valence-electron chi connectivity index (χ4n) is 4.12. The van der Waals surface area contributed by atoms with Gasteiger partial charge in [-0.05, 0) is 42.0 Å². The van der Waals surface area contributed by atoms with E-state index in [1.54, 1.807) is 4.90 Å². The van der Waals surface area contributed by atoms with Crippen LogP contribution in [0.3, 0.4) is 0 Å². The molecule has 0 saturated heterocycles. The second-order valence-electron chi connectivity index (χ2n) is 7.83. The van der Waals surface area contributed by atoms with Gasteiger partial charge in [-0.1, -0.05) is 48.5 Å². The van der Waals surface area contributed by atoms with Crippen LogP contribution in [0, 0.1) is 0 Å². The first kappa shape index (κ1) is 23.3. The number of aliphatic carboxylic acids is 1. The zero-order valence-electron chi connectivity index (χ0n) is 18.4. The average molecular weight is 439 g/mol. The van der Waals surface area contributed by atoms with E-state index < -0.39 is 12.1 Å². The first-order chi connectivity index (χ1) is 15.5. The van der Waals surface area contributed by atoms with Gasteiger partial charge in [-0.15, -0.1) is 0 Å².